The minimum Gasteiger partial charge on any atom is -0.465 e. The van der Waals surface area contributed by atoms with E-state index in [0.717, 1.165) is 18.4 Å². The lowest BCUT2D eigenvalue weighted by atomic mass is 9.70. The number of H-pyrrole nitrogens is 1. The van der Waals surface area contributed by atoms with E-state index < -0.39 is 5.41 Å². The van der Waals surface area contributed by atoms with Gasteiger partial charge in [0.05, 0.1) is 12.0 Å². The number of esters is 1. The van der Waals surface area contributed by atoms with E-state index in [4.69, 9.17) is 4.74 Å². The Labute approximate surface area is 153 Å². The molecular weight excluding hydrogens is 328 g/mol. The molecule has 0 unspecified atom stereocenters. The van der Waals surface area contributed by atoms with Crippen LogP contribution in [0, 0.1) is 5.41 Å². The fourth-order valence-corrected chi connectivity index (χ4v) is 4.81. The van der Waals surface area contributed by atoms with Crippen molar-refractivity contribution < 1.29 is 14.3 Å². The highest BCUT2D eigenvalue weighted by molar-refractivity contribution is 5.94. The monoisotopic (exact) mass is 352 g/mol. The summed E-state index contributed by atoms with van der Waals surface area (Å²) in [6, 6.07) is 13.7. The van der Waals surface area contributed by atoms with Gasteiger partial charge in [-0.3, -0.25) is 9.59 Å². The molecule has 1 amide bonds. The Kier molecular flexibility index (Phi) is 4.31. The molecule has 0 aliphatic carbocycles. The Balaban J connectivity index is 1.69. The third kappa shape index (κ3) is 2.62. The van der Waals surface area contributed by atoms with Crippen molar-refractivity contribution in [3.05, 3.63) is 59.9 Å². The second-order valence-electron chi connectivity index (χ2n) is 7.29. The second-order valence-corrected chi connectivity index (χ2v) is 7.29. The maximum absolute atomic E-state index is 13.0. The standard InChI is InChI=1S/C21H24N2O3/c1-2-26-20(25)21(13-15-7-4-3-5-8-15)14-16-10-11-18(21)23(16)19(24)17-9-6-12-22-17/h3-9,12,16,18,22H,2,10-11,13-14H2,1H3/t16-,18+,21+/m1/s1. The Morgan fingerprint density at radius 3 is 2.69 bits per heavy atom. The average Bonchev–Trinajstić information content (AvgIpc) is 3.38. The number of amides is 1. The van der Waals surface area contributed by atoms with Gasteiger partial charge in [-0.1, -0.05) is 30.3 Å². The van der Waals surface area contributed by atoms with E-state index in [9.17, 15) is 9.59 Å². The lowest BCUT2D eigenvalue weighted by molar-refractivity contribution is -0.157. The van der Waals surface area contributed by atoms with Crippen LogP contribution >= 0.6 is 0 Å². The average molecular weight is 352 g/mol. The van der Waals surface area contributed by atoms with Crippen molar-refractivity contribution in [3.63, 3.8) is 0 Å². The quantitative estimate of drug-likeness (QED) is 0.841. The highest BCUT2D eigenvalue weighted by Crippen LogP contribution is 2.52. The molecule has 2 saturated heterocycles. The van der Waals surface area contributed by atoms with E-state index in [-0.39, 0.29) is 24.0 Å². The predicted octanol–water partition coefficient (Wildman–Crippen LogP) is 3.18. The van der Waals surface area contributed by atoms with Gasteiger partial charge in [-0.05, 0) is 50.3 Å². The van der Waals surface area contributed by atoms with Gasteiger partial charge < -0.3 is 14.6 Å². The number of rotatable bonds is 5. The van der Waals surface area contributed by atoms with Gasteiger partial charge in [0.25, 0.3) is 5.91 Å². The van der Waals surface area contributed by atoms with Crippen LogP contribution in [-0.4, -0.2) is 40.5 Å². The first-order valence-electron chi connectivity index (χ1n) is 9.33. The van der Waals surface area contributed by atoms with Crippen LogP contribution in [0.3, 0.4) is 0 Å². The van der Waals surface area contributed by atoms with Gasteiger partial charge in [0.2, 0.25) is 0 Å². The van der Waals surface area contributed by atoms with Crippen LogP contribution in [0.15, 0.2) is 48.7 Å². The van der Waals surface area contributed by atoms with E-state index in [2.05, 4.69) is 4.98 Å². The summed E-state index contributed by atoms with van der Waals surface area (Å²) in [6.45, 7) is 2.19. The normalized spacial score (nSPS) is 26.9. The van der Waals surface area contributed by atoms with Crippen LogP contribution in [-0.2, 0) is 16.0 Å². The molecule has 1 aromatic heterocycles. The molecule has 2 aliphatic rings. The van der Waals surface area contributed by atoms with Gasteiger partial charge >= 0.3 is 5.97 Å². The van der Waals surface area contributed by atoms with Crippen molar-refractivity contribution in [1.29, 1.82) is 0 Å². The Hall–Kier alpha value is -2.56. The summed E-state index contributed by atoms with van der Waals surface area (Å²) in [5, 5.41) is 0. The zero-order valence-corrected chi connectivity index (χ0v) is 15.0. The Morgan fingerprint density at radius 2 is 2.00 bits per heavy atom. The molecule has 1 aromatic carbocycles. The maximum atomic E-state index is 13.0. The first-order chi connectivity index (χ1) is 12.7. The first-order valence-corrected chi connectivity index (χ1v) is 9.33. The van der Waals surface area contributed by atoms with E-state index in [1.165, 1.54) is 0 Å². The highest BCUT2D eigenvalue weighted by atomic mass is 16.5. The first kappa shape index (κ1) is 16.9. The van der Waals surface area contributed by atoms with Crippen molar-refractivity contribution in [3.8, 4) is 0 Å². The SMILES string of the molecule is CCOC(=O)[C@@]1(Cc2ccccc2)C[C@H]2CC[C@@H]1N2C(=O)c1ccc[nH]1. The molecule has 2 fully saturated rings. The molecule has 5 heteroatoms. The summed E-state index contributed by atoms with van der Waals surface area (Å²) in [4.78, 5) is 31.0. The van der Waals surface area contributed by atoms with Crippen molar-refractivity contribution in [2.45, 2.75) is 44.7 Å². The third-order valence-corrected chi connectivity index (χ3v) is 5.85. The minimum atomic E-state index is -0.650. The van der Waals surface area contributed by atoms with Gasteiger partial charge in [0.1, 0.15) is 5.69 Å². The number of nitrogens with zero attached hydrogens (tertiary/aromatic N) is 1. The third-order valence-electron chi connectivity index (χ3n) is 5.85. The molecule has 4 rings (SSSR count). The summed E-state index contributed by atoms with van der Waals surface area (Å²) in [5.41, 5.74) is 1.05. The van der Waals surface area contributed by atoms with Crippen molar-refractivity contribution >= 4 is 11.9 Å². The van der Waals surface area contributed by atoms with Gasteiger partial charge in [-0.15, -0.1) is 0 Å². The van der Waals surface area contributed by atoms with Crippen LogP contribution in [0.1, 0.15) is 42.2 Å². The molecular formula is C21H24N2O3. The smallest absolute Gasteiger partial charge is 0.314 e. The number of aromatic amines is 1. The summed E-state index contributed by atoms with van der Waals surface area (Å²) in [6.07, 6.45) is 4.85. The van der Waals surface area contributed by atoms with Gasteiger partial charge in [0, 0.05) is 18.3 Å². The van der Waals surface area contributed by atoms with Crippen LogP contribution in [0.2, 0.25) is 0 Å². The van der Waals surface area contributed by atoms with Gasteiger partial charge in [0.15, 0.2) is 0 Å². The van der Waals surface area contributed by atoms with E-state index in [0.29, 0.717) is 25.1 Å². The van der Waals surface area contributed by atoms with Crippen molar-refractivity contribution in [2.24, 2.45) is 5.41 Å². The number of hydrogen-bond donors (Lipinski definition) is 1. The molecule has 3 atom stereocenters. The number of aromatic nitrogens is 1. The lowest BCUT2D eigenvalue weighted by Crippen LogP contribution is -2.47. The van der Waals surface area contributed by atoms with Crippen LogP contribution in [0.5, 0.6) is 0 Å². The molecule has 2 bridgehead atoms. The van der Waals surface area contributed by atoms with Crippen LogP contribution in [0.25, 0.3) is 0 Å². The number of carbonyl (C=O) groups is 2. The molecule has 2 aromatic rings. The van der Waals surface area contributed by atoms with Crippen LogP contribution < -0.4 is 0 Å². The van der Waals surface area contributed by atoms with Crippen LogP contribution in [0.4, 0.5) is 0 Å². The molecule has 0 saturated carbocycles. The van der Waals surface area contributed by atoms with Gasteiger partial charge in [-0.2, -0.15) is 0 Å². The summed E-state index contributed by atoms with van der Waals surface area (Å²) in [5.74, 6) is -0.179. The van der Waals surface area contributed by atoms with Gasteiger partial charge in [-0.25, -0.2) is 0 Å². The molecule has 0 radical (unpaired) electrons. The molecule has 3 heterocycles. The number of carbonyl (C=O) groups excluding carboxylic acids is 2. The Bertz CT molecular complexity index is 787. The summed E-state index contributed by atoms with van der Waals surface area (Å²) in [7, 11) is 0. The molecule has 1 N–H and O–H groups in total. The number of ether oxygens (including phenoxy) is 1. The Morgan fingerprint density at radius 1 is 1.19 bits per heavy atom. The van der Waals surface area contributed by atoms with Crippen molar-refractivity contribution in [1.82, 2.24) is 9.88 Å². The largest absolute Gasteiger partial charge is 0.465 e. The minimum absolute atomic E-state index is 0.0123. The predicted molar refractivity (Wildman–Crippen MR) is 97.6 cm³/mol. The summed E-state index contributed by atoms with van der Waals surface area (Å²) >= 11 is 0. The number of fused-ring (bicyclic) bond motifs is 2. The summed E-state index contributed by atoms with van der Waals surface area (Å²) < 4.78 is 5.49. The number of benzene rings is 1. The fourth-order valence-electron chi connectivity index (χ4n) is 4.81. The number of nitrogens with one attached hydrogen (secondary N) is 1. The van der Waals surface area contributed by atoms with E-state index in [1.54, 1.807) is 12.3 Å². The molecule has 5 nitrogen and oxygen atoms in total. The lowest BCUT2D eigenvalue weighted by Gasteiger charge is -2.35. The van der Waals surface area contributed by atoms with E-state index in [1.807, 2.05) is 48.2 Å². The topological polar surface area (TPSA) is 62.4 Å². The maximum Gasteiger partial charge on any atom is 0.314 e. The molecule has 26 heavy (non-hydrogen) atoms. The highest BCUT2D eigenvalue weighted by Gasteiger charge is 2.62. The molecule has 0 spiro atoms. The second kappa shape index (κ2) is 6.63. The molecule has 2 aliphatic heterocycles. The van der Waals surface area contributed by atoms with Crippen molar-refractivity contribution in [2.75, 3.05) is 6.61 Å². The van der Waals surface area contributed by atoms with E-state index >= 15 is 0 Å². The molecule has 136 valence electrons. The zero-order chi connectivity index (χ0) is 18.1. The zero-order valence-electron chi connectivity index (χ0n) is 15.0. The number of hydrogen-bond acceptors (Lipinski definition) is 3. The fraction of sp³-hybridized carbons (Fsp3) is 0.429.